The minimum atomic E-state index is -4.69. The summed E-state index contributed by atoms with van der Waals surface area (Å²) in [6.45, 7) is 2.15. The zero-order valence-corrected chi connectivity index (χ0v) is 19.0. The predicted molar refractivity (Wildman–Crippen MR) is 129 cm³/mol. The molecule has 0 amide bonds. The van der Waals surface area contributed by atoms with Crippen LogP contribution in [0.25, 0.3) is 0 Å². The molecule has 0 saturated carbocycles. The molecule has 3 aromatic rings. The van der Waals surface area contributed by atoms with Crippen LogP contribution in [-0.2, 0) is 4.52 Å². The number of halogens is 3. The second kappa shape index (κ2) is 11.3. The standard InChI is InChI=1S/C26H28F3NOP/c1-2-3-4-14-21-30-25(26(27,28)29)31-32(22-15-8-5-9-16-22,23-17-10-6-11-18-23)24-19-12-7-13-20-24/h5-13,15-20H,2-4,14,21H2,1H3/q+1. The van der Waals surface area contributed by atoms with Gasteiger partial charge in [0.25, 0.3) is 7.49 Å². The lowest BCUT2D eigenvalue weighted by Crippen LogP contribution is -2.38. The van der Waals surface area contributed by atoms with Crippen LogP contribution in [0.2, 0.25) is 0 Å². The number of alkyl halides is 3. The quantitative estimate of drug-likeness (QED) is 0.156. The minimum absolute atomic E-state index is 0.0905. The lowest BCUT2D eigenvalue weighted by Gasteiger charge is -2.27. The Balaban J connectivity index is 2.16. The van der Waals surface area contributed by atoms with E-state index in [4.69, 9.17) is 4.52 Å². The summed E-state index contributed by atoms with van der Waals surface area (Å²) < 4.78 is 48.5. The summed E-state index contributed by atoms with van der Waals surface area (Å²) in [5.41, 5.74) is 0. The lowest BCUT2D eigenvalue weighted by molar-refractivity contribution is -0.0706. The molecule has 0 atom stereocenters. The van der Waals surface area contributed by atoms with Gasteiger partial charge in [-0.05, 0) is 42.8 Å². The second-order valence-corrected chi connectivity index (χ2v) is 10.4. The first-order chi connectivity index (χ1) is 15.5. The van der Waals surface area contributed by atoms with E-state index < -0.39 is 19.6 Å². The van der Waals surface area contributed by atoms with E-state index in [-0.39, 0.29) is 6.54 Å². The van der Waals surface area contributed by atoms with Gasteiger partial charge in [0.1, 0.15) is 15.9 Å². The number of aliphatic imine (C=N–C) groups is 1. The number of hydrogen-bond acceptors (Lipinski definition) is 2. The number of unbranched alkanes of at least 4 members (excludes halogenated alkanes) is 3. The Morgan fingerprint density at radius 1 is 0.719 bits per heavy atom. The third kappa shape index (κ3) is 5.77. The normalized spacial score (nSPS) is 12.6. The maximum atomic E-state index is 14.1. The van der Waals surface area contributed by atoms with Crippen LogP contribution < -0.4 is 15.9 Å². The number of nitrogens with zero attached hydrogens (tertiary/aromatic N) is 1. The van der Waals surface area contributed by atoms with Crippen molar-refractivity contribution in [2.45, 2.75) is 38.8 Å². The first-order valence-corrected chi connectivity index (χ1v) is 12.6. The maximum Gasteiger partial charge on any atom is 0.473 e. The zero-order chi connectivity index (χ0) is 22.9. The average molecular weight is 458 g/mol. The van der Waals surface area contributed by atoms with Crippen LogP contribution in [-0.4, -0.2) is 18.6 Å². The molecular formula is C26H28F3NOP+. The fourth-order valence-electron chi connectivity index (χ4n) is 3.54. The molecular weight excluding hydrogens is 430 g/mol. The first kappa shape index (κ1) is 24.0. The van der Waals surface area contributed by atoms with E-state index >= 15 is 0 Å². The van der Waals surface area contributed by atoms with Crippen molar-refractivity contribution < 1.29 is 17.7 Å². The van der Waals surface area contributed by atoms with E-state index in [1.54, 1.807) is 0 Å². The molecule has 32 heavy (non-hydrogen) atoms. The molecule has 0 aromatic heterocycles. The Hall–Kier alpha value is -2.65. The topological polar surface area (TPSA) is 21.6 Å². The van der Waals surface area contributed by atoms with Crippen LogP contribution in [0.3, 0.4) is 0 Å². The van der Waals surface area contributed by atoms with Crippen molar-refractivity contribution in [3.8, 4) is 0 Å². The second-order valence-electron chi connectivity index (χ2n) is 7.45. The Bertz CT molecular complexity index is 880. The maximum absolute atomic E-state index is 14.1. The fraction of sp³-hybridized carbons (Fsp3) is 0.269. The average Bonchev–Trinajstić information content (AvgIpc) is 2.82. The Morgan fingerprint density at radius 2 is 1.16 bits per heavy atom. The molecule has 6 heteroatoms. The lowest BCUT2D eigenvalue weighted by atomic mass is 10.2. The van der Waals surface area contributed by atoms with Gasteiger partial charge in [-0.25, -0.2) is 4.99 Å². The number of rotatable bonds is 9. The molecule has 168 valence electrons. The highest BCUT2D eigenvalue weighted by atomic mass is 31.2. The van der Waals surface area contributed by atoms with Crippen molar-refractivity contribution in [2.24, 2.45) is 4.99 Å². The van der Waals surface area contributed by atoms with Crippen LogP contribution in [0.5, 0.6) is 0 Å². The molecule has 3 aromatic carbocycles. The summed E-state index contributed by atoms with van der Waals surface area (Å²) >= 11 is 0. The van der Waals surface area contributed by atoms with E-state index in [9.17, 15) is 13.2 Å². The van der Waals surface area contributed by atoms with Gasteiger partial charge >= 0.3 is 12.1 Å². The molecule has 0 spiro atoms. The largest absolute Gasteiger partial charge is 0.473 e. The van der Waals surface area contributed by atoms with Gasteiger partial charge in [-0.1, -0.05) is 80.8 Å². The molecule has 0 radical (unpaired) electrons. The number of benzene rings is 3. The van der Waals surface area contributed by atoms with Crippen molar-refractivity contribution in [1.82, 2.24) is 0 Å². The van der Waals surface area contributed by atoms with Gasteiger partial charge in [0.05, 0.1) is 0 Å². The van der Waals surface area contributed by atoms with E-state index in [0.29, 0.717) is 22.3 Å². The van der Waals surface area contributed by atoms with Crippen molar-refractivity contribution in [2.75, 3.05) is 6.54 Å². The number of hydrogen-bond donors (Lipinski definition) is 0. The predicted octanol–water partition coefficient (Wildman–Crippen LogP) is 6.45. The van der Waals surface area contributed by atoms with Crippen molar-refractivity contribution in [3.63, 3.8) is 0 Å². The summed E-state index contributed by atoms with van der Waals surface area (Å²) in [7, 11) is -3.12. The summed E-state index contributed by atoms with van der Waals surface area (Å²) in [6.07, 6.45) is -1.25. The van der Waals surface area contributed by atoms with Crippen LogP contribution >= 0.6 is 7.49 Å². The Kier molecular flexibility index (Phi) is 8.46. The van der Waals surface area contributed by atoms with E-state index in [1.165, 1.54) is 0 Å². The van der Waals surface area contributed by atoms with Gasteiger partial charge in [0, 0.05) is 6.54 Å². The van der Waals surface area contributed by atoms with E-state index in [0.717, 1.165) is 19.3 Å². The SMILES string of the molecule is CCCCCCN=C(O[P+](c1ccccc1)(c1ccccc1)c1ccccc1)C(F)(F)F. The summed E-state index contributed by atoms with van der Waals surface area (Å²) in [5, 5.41) is 2.13. The van der Waals surface area contributed by atoms with Gasteiger partial charge < -0.3 is 4.52 Å². The molecule has 0 aliphatic heterocycles. The molecule has 0 aliphatic rings. The first-order valence-electron chi connectivity index (χ1n) is 10.9. The van der Waals surface area contributed by atoms with Crippen molar-refractivity contribution >= 4 is 29.3 Å². The third-order valence-corrected chi connectivity index (χ3v) is 8.62. The van der Waals surface area contributed by atoms with Crippen LogP contribution in [0, 0.1) is 0 Å². The molecule has 0 saturated heterocycles. The minimum Gasteiger partial charge on any atom is -0.310 e. The highest BCUT2D eigenvalue weighted by molar-refractivity contribution is 7.92. The smallest absolute Gasteiger partial charge is 0.310 e. The van der Waals surface area contributed by atoms with E-state index in [2.05, 4.69) is 11.9 Å². The van der Waals surface area contributed by atoms with Crippen LogP contribution in [0.4, 0.5) is 13.2 Å². The molecule has 2 nitrogen and oxygen atoms in total. The molecule has 0 bridgehead atoms. The molecule has 3 rings (SSSR count). The fourth-order valence-corrected chi connectivity index (χ4v) is 6.95. The Labute approximate surface area is 188 Å². The zero-order valence-electron chi connectivity index (χ0n) is 18.1. The van der Waals surface area contributed by atoms with Gasteiger partial charge in [0.2, 0.25) is 0 Å². The highest BCUT2D eigenvalue weighted by Gasteiger charge is 2.55. The van der Waals surface area contributed by atoms with Crippen LogP contribution in [0.1, 0.15) is 32.6 Å². The van der Waals surface area contributed by atoms with E-state index in [1.807, 2.05) is 91.0 Å². The Morgan fingerprint density at radius 3 is 1.53 bits per heavy atom. The molecule has 0 fully saturated rings. The molecule has 0 heterocycles. The van der Waals surface area contributed by atoms with Gasteiger partial charge in [-0.15, -0.1) is 0 Å². The molecule has 0 N–H and O–H groups in total. The van der Waals surface area contributed by atoms with Crippen molar-refractivity contribution in [3.05, 3.63) is 91.0 Å². The van der Waals surface area contributed by atoms with Gasteiger partial charge in [-0.3, -0.25) is 0 Å². The molecule has 0 aliphatic carbocycles. The summed E-state index contributed by atoms with van der Waals surface area (Å²) in [4.78, 5) is 3.93. The van der Waals surface area contributed by atoms with Crippen LogP contribution in [0.15, 0.2) is 96.0 Å². The summed E-state index contributed by atoms with van der Waals surface area (Å²) in [6, 6.07) is 27.5. The third-order valence-electron chi connectivity index (χ3n) is 5.09. The van der Waals surface area contributed by atoms with Crippen molar-refractivity contribution in [1.29, 1.82) is 0 Å². The monoisotopic (exact) mass is 458 g/mol. The van der Waals surface area contributed by atoms with Gasteiger partial charge in [0.15, 0.2) is 0 Å². The highest BCUT2D eigenvalue weighted by Crippen LogP contribution is 2.57. The molecule has 0 unspecified atom stereocenters. The summed E-state index contributed by atoms with van der Waals surface area (Å²) in [5.74, 6) is -1.15. The van der Waals surface area contributed by atoms with Gasteiger partial charge in [-0.2, -0.15) is 13.2 Å².